The first-order valence-corrected chi connectivity index (χ1v) is 5.53. The highest BCUT2D eigenvalue weighted by molar-refractivity contribution is 4.82. The van der Waals surface area contributed by atoms with Gasteiger partial charge in [0, 0.05) is 26.2 Å². The van der Waals surface area contributed by atoms with E-state index in [0.717, 1.165) is 32.7 Å². The van der Waals surface area contributed by atoms with E-state index < -0.39 is 0 Å². The molecule has 0 saturated carbocycles. The molecule has 1 fully saturated rings. The zero-order valence-electron chi connectivity index (χ0n) is 9.15. The number of β-amino-alcohol motifs (C(OH)–C–C–N with tert-alkyl or cyclic N) is 1. The van der Waals surface area contributed by atoms with Crippen molar-refractivity contribution in [1.82, 2.24) is 9.80 Å². The van der Waals surface area contributed by atoms with Crippen molar-refractivity contribution in [2.75, 3.05) is 45.9 Å². The molecule has 0 aromatic heterocycles. The first-order chi connectivity index (χ1) is 6.86. The third-order valence-corrected chi connectivity index (χ3v) is 2.70. The number of nitrogens with zero attached hydrogens (tertiary/aromatic N) is 2. The van der Waals surface area contributed by atoms with Gasteiger partial charge in [-0.1, -0.05) is 12.2 Å². The molecule has 1 saturated heterocycles. The number of rotatable bonds is 4. The minimum Gasteiger partial charge on any atom is -0.395 e. The van der Waals surface area contributed by atoms with Crippen LogP contribution in [0.25, 0.3) is 0 Å². The van der Waals surface area contributed by atoms with E-state index in [9.17, 15) is 0 Å². The molecule has 0 radical (unpaired) electrons. The summed E-state index contributed by atoms with van der Waals surface area (Å²) in [6.07, 6.45) is 5.54. The number of aliphatic hydroxyl groups excluding tert-OH is 1. The molecule has 82 valence electrons. The summed E-state index contributed by atoms with van der Waals surface area (Å²) in [6.45, 7) is 8.80. The van der Waals surface area contributed by atoms with Gasteiger partial charge in [0.2, 0.25) is 0 Å². The Morgan fingerprint density at radius 3 is 2.57 bits per heavy atom. The van der Waals surface area contributed by atoms with Crippen LogP contribution in [0, 0.1) is 0 Å². The van der Waals surface area contributed by atoms with Crippen LogP contribution >= 0.6 is 0 Å². The van der Waals surface area contributed by atoms with E-state index in [0.29, 0.717) is 0 Å². The minimum atomic E-state index is 0.287. The highest BCUT2D eigenvalue weighted by Gasteiger charge is 2.12. The van der Waals surface area contributed by atoms with Crippen LogP contribution in [0.1, 0.15) is 13.3 Å². The average Bonchev–Trinajstić information content (AvgIpc) is 2.41. The molecule has 0 unspecified atom stereocenters. The fourth-order valence-electron chi connectivity index (χ4n) is 1.83. The fraction of sp³-hybridized carbons (Fsp3) is 0.818. The Labute approximate surface area is 87.0 Å². The van der Waals surface area contributed by atoms with Gasteiger partial charge in [0.25, 0.3) is 0 Å². The van der Waals surface area contributed by atoms with Crippen LogP contribution in [0.3, 0.4) is 0 Å². The molecule has 1 aliphatic heterocycles. The van der Waals surface area contributed by atoms with Gasteiger partial charge in [-0.25, -0.2) is 0 Å². The first-order valence-electron chi connectivity index (χ1n) is 5.53. The topological polar surface area (TPSA) is 26.7 Å². The van der Waals surface area contributed by atoms with E-state index in [1.54, 1.807) is 0 Å². The van der Waals surface area contributed by atoms with Crippen LogP contribution in [0.4, 0.5) is 0 Å². The molecular formula is C11H22N2O. The van der Waals surface area contributed by atoms with Gasteiger partial charge in [-0.15, -0.1) is 0 Å². The summed E-state index contributed by atoms with van der Waals surface area (Å²) in [5.41, 5.74) is 0. The zero-order valence-corrected chi connectivity index (χ0v) is 9.15. The van der Waals surface area contributed by atoms with E-state index in [1.807, 2.05) is 0 Å². The Balaban J connectivity index is 2.25. The van der Waals surface area contributed by atoms with Crippen LogP contribution in [0.15, 0.2) is 12.2 Å². The molecule has 14 heavy (non-hydrogen) atoms. The maximum Gasteiger partial charge on any atom is 0.0558 e. The summed E-state index contributed by atoms with van der Waals surface area (Å²) < 4.78 is 0. The lowest BCUT2D eigenvalue weighted by Crippen LogP contribution is -2.32. The van der Waals surface area contributed by atoms with Crippen molar-refractivity contribution in [1.29, 1.82) is 0 Å². The Morgan fingerprint density at radius 2 is 1.86 bits per heavy atom. The van der Waals surface area contributed by atoms with Gasteiger partial charge in [-0.3, -0.25) is 9.80 Å². The Bertz CT molecular complexity index is 171. The molecule has 1 N–H and O–H groups in total. The summed E-state index contributed by atoms with van der Waals surface area (Å²) in [5, 5.41) is 8.85. The van der Waals surface area contributed by atoms with Crippen LogP contribution in [0.5, 0.6) is 0 Å². The first kappa shape index (κ1) is 11.7. The van der Waals surface area contributed by atoms with Gasteiger partial charge in [-0.05, 0) is 26.4 Å². The lowest BCUT2D eigenvalue weighted by molar-refractivity contribution is 0.198. The second-order valence-electron chi connectivity index (χ2n) is 3.79. The lowest BCUT2D eigenvalue weighted by Gasteiger charge is -2.19. The van der Waals surface area contributed by atoms with E-state index >= 15 is 0 Å². The van der Waals surface area contributed by atoms with E-state index in [1.165, 1.54) is 13.0 Å². The molecule has 0 atom stereocenters. The smallest absolute Gasteiger partial charge is 0.0558 e. The molecule has 1 aliphatic rings. The largest absolute Gasteiger partial charge is 0.395 e. The average molecular weight is 198 g/mol. The minimum absolute atomic E-state index is 0.287. The van der Waals surface area contributed by atoms with Crippen LogP contribution in [0.2, 0.25) is 0 Å². The number of allylic oxidation sites excluding steroid dienone is 1. The van der Waals surface area contributed by atoms with Crippen LogP contribution in [-0.2, 0) is 0 Å². The summed E-state index contributed by atoms with van der Waals surface area (Å²) in [5.74, 6) is 0. The molecule has 0 aromatic carbocycles. The molecule has 0 bridgehead atoms. The SMILES string of the molecule is CC=CCN1CCCN(CCO)CC1. The van der Waals surface area contributed by atoms with Gasteiger partial charge in [-0.2, -0.15) is 0 Å². The van der Waals surface area contributed by atoms with Crippen LogP contribution in [-0.4, -0.2) is 60.8 Å². The zero-order chi connectivity index (χ0) is 10.2. The molecule has 0 aliphatic carbocycles. The second-order valence-corrected chi connectivity index (χ2v) is 3.79. The molecule has 1 rings (SSSR count). The van der Waals surface area contributed by atoms with Crippen molar-refractivity contribution in [3.63, 3.8) is 0 Å². The third kappa shape index (κ3) is 4.22. The molecule has 0 spiro atoms. The summed E-state index contributed by atoms with van der Waals surface area (Å²) >= 11 is 0. The predicted octanol–water partition coefficient (Wildman–Crippen LogP) is 0.562. The molecular weight excluding hydrogens is 176 g/mol. The van der Waals surface area contributed by atoms with Crippen molar-refractivity contribution >= 4 is 0 Å². The van der Waals surface area contributed by atoms with Gasteiger partial charge in [0.15, 0.2) is 0 Å². The molecule has 3 nitrogen and oxygen atoms in total. The highest BCUT2D eigenvalue weighted by Crippen LogP contribution is 2.02. The highest BCUT2D eigenvalue weighted by atomic mass is 16.3. The molecule has 0 amide bonds. The van der Waals surface area contributed by atoms with Crippen molar-refractivity contribution in [3.05, 3.63) is 12.2 Å². The summed E-state index contributed by atoms with van der Waals surface area (Å²) in [6, 6.07) is 0. The van der Waals surface area contributed by atoms with Gasteiger partial charge < -0.3 is 5.11 Å². The van der Waals surface area contributed by atoms with Gasteiger partial charge in [0.05, 0.1) is 6.61 Å². The molecule has 1 heterocycles. The van der Waals surface area contributed by atoms with E-state index in [-0.39, 0.29) is 6.61 Å². The fourth-order valence-corrected chi connectivity index (χ4v) is 1.83. The van der Waals surface area contributed by atoms with Crippen molar-refractivity contribution < 1.29 is 5.11 Å². The second kappa shape index (κ2) is 6.98. The molecule has 3 heteroatoms. The van der Waals surface area contributed by atoms with Crippen LogP contribution < -0.4 is 0 Å². The summed E-state index contributed by atoms with van der Waals surface area (Å²) in [4.78, 5) is 4.81. The van der Waals surface area contributed by atoms with Crippen molar-refractivity contribution in [2.24, 2.45) is 0 Å². The standard InChI is InChI=1S/C11H22N2O/c1-2-3-5-12-6-4-7-13(9-8-12)10-11-14/h2-3,14H,4-11H2,1H3. The summed E-state index contributed by atoms with van der Waals surface area (Å²) in [7, 11) is 0. The predicted molar refractivity (Wildman–Crippen MR) is 59.4 cm³/mol. The van der Waals surface area contributed by atoms with Gasteiger partial charge >= 0.3 is 0 Å². The Hall–Kier alpha value is -0.380. The monoisotopic (exact) mass is 198 g/mol. The number of hydrogen-bond acceptors (Lipinski definition) is 3. The Kier molecular flexibility index (Phi) is 5.83. The van der Waals surface area contributed by atoms with Crippen molar-refractivity contribution in [2.45, 2.75) is 13.3 Å². The van der Waals surface area contributed by atoms with E-state index in [4.69, 9.17) is 5.11 Å². The maximum absolute atomic E-state index is 8.85. The lowest BCUT2D eigenvalue weighted by atomic mass is 10.3. The van der Waals surface area contributed by atoms with Gasteiger partial charge in [0.1, 0.15) is 0 Å². The number of hydrogen-bond donors (Lipinski definition) is 1. The number of aliphatic hydroxyl groups is 1. The third-order valence-electron chi connectivity index (χ3n) is 2.70. The Morgan fingerprint density at radius 1 is 1.14 bits per heavy atom. The molecule has 0 aromatic rings. The van der Waals surface area contributed by atoms with E-state index in [2.05, 4.69) is 28.9 Å². The normalized spacial score (nSPS) is 21.6. The van der Waals surface area contributed by atoms with Crippen molar-refractivity contribution in [3.8, 4) is 0 Å². The maximum atomic E-state index is 8.85. The quantitative estimate of drug-likeness (QED) is 0.669.